The molecule has 0 aromatic rings. The van der Waals surface area contributed by atoms with E-state index in [2.05, 4.69) is 27.4 Å². The minimum Gasteiger partial charge on any atom is -0.462 e. The average molecular weight is 212 g/mol. The Labute approximate surface area is 93.7 Å². The fraction of sp³-hybridized carbons (Fsp3) is 0.769. The van der Waals surface area contributed by atoms with Crippen LogP contribution < -0.4 is 0 Å². The summed E-state index contributed by atoms with van der Waals surface area (Å²) in [7, 11) is 0. The van der Waals surface area contributed by atoms with Gasteiger partial charge in [-0.05, 0) is 18.3 Å². The first-order valence-electron chi connectivity index (χ1n) is 5.84. The molecule has 0 aromatic heterocycles. The number of carbonyl (C=O) groups is 1. The lowest BCUT2D eigenvalue weighted by molar-refractivity contribution is -0.139. The molecule has 2 heteroatoms. The molecule has 0 spiro atoms. The van der Waals surface area contributed by atoms with Crippen molar-refractivity contribution in [3.05, 3.63) is 12.2 Å². The Balaban J connectivity index is 3.88. The van der Waals surface area contributed by atoms with Gasteiger partial charge in [0.2, 0.25) is 0 Å². The first kappa shape index (κ1) is 14.2. The first-order chi connectivity index (χ1) is 6.99. The van der Waals surface area contributed by atoms with Crippen molar-refractivity contribution in [3.8, 4) is 0 Å². The van der Waals surface area contributed by atoms with Gasteiger partial charge in [-0.25, -0.2) is 4.79 Å². The Morgan fingerprint density at radius 3 is 2.20 bits per heavy atom. The largest absolute Gasteiger partial charge is 0.462 e. The molecule has 88 valence electrons. The minimum absolute atomic E-state index is 0.243. The van der Waals surface area contributed by atoms with Crippen molar-refractivity contribution < 1.29 is 9.53 Å². The molecule has 2 nitrogen and oxygen atoms in total. The van der Waals surface area contributed by atoms with Crippen LogP contribution >= 0.6 is 0 Å². The van der Waals surface area contributed by atoms with E-state index in [0.717, 1.165) is 19.3 Å². The van der Waals surface area contributed by atoms with Gasteiger partial charge in [-0.2, -0.15) is 0 Å². The Kier molecular flexibility index (Phi) is 6.30. The Morgan fingerprint density at radius 1 is 1.27 bits per heavy atom. The number of hydrogen-bond acceptors (Lipinski definition) is 2. The molecule has 0 saturated heterocycles. The van der Waals surface area contributed by atoms with Crippen LogP contribution in [-0.2, 0) is 9.53 Å². The van der Waals surface area contributed by atoms with Crippen molar-refractivity contribution in [2.45, 2.75) is 53.4 Å². The van der Waals surface area contributed by atoms with Crippen molar-refractivity contribution in [2.75, 3.05) is 6.61 Å². The summed E-state index contributed by atoms with van der Waals surface area (Å²) in [6, 6.07) is 0. The van der Waals surface area contributed by atoms with E-state index in [1.807, 2.05) is 6.92 Å². The molecule has 0 atom stereocenters. The van der Waals surface area contributed by atoms with Crippen molar-refractivity contribution in [2.24, 2.45) is 5.41 Å². The smallest absolute Gasteiger partial charge is 0.333 e. The van der Waals surface area contributed by atoms with E-state index in [4.69, 9.17) is 4.74 Å². The predicted octanol–water partition coefficient (Wildman–Crippen LogP) is 3.71. The van der Waals surface area contributed by atoms with Crippen molar-refractivity contribution >= 4 is 5.97 Å². The molecular weight excluding hydrogens is 188 g/mol. The predicted molar refractivity (Wildman–Crippen MR) is 63.7 cm³/mol. The van der Waals surface area contributed by atoms with E-state index >= 15 is 0 Å². The van der Waals surface area contributed by atoms with Gasteiger partial charge in [0.15, 0.2) is 0 Å². The van der Waals surface area contributed by atoms with Gasteiger partial charge >= 0.3 is 5.97 Å². The number of rotatable bonds is 7. The van der Waals surface area contributed by atoms with E-state index in [0.29, 0.717) is 24.0 Å². The van der Waals surface area contributed by atoms with Gasteiger partial charge in [0.05, 0.1) is 6.61 Å². The molecule has 15 heavy (non-hydrogen) atoms. The van der Waals surface area contributed by atoms with Crippen LogP contribution in [0.15, 0.2) is 12.2 Å². The van der Waals surface area contributed by atoms with Crippen LogP contribution in [0.3, 0.4) is 0 Å². The zero-order chi connectivity index (χ0) is 11.9. The molecule has 0 aliphatic carbocycles. The quantitative estimate of drug-likeness (QED) is 0.475. The zero-order valence-corrected chi connectivity index (χ0v) is 10.6. The normalized spacial score (nSPS) is 11.2. The van der Waals surface area contributed by atoms with Gasteiger partial charge in [-0.15, -0.1) is 0 Å². The summed E-state index contributed by atoms with van der Waals surface area (Å²) < 4.78 is 5.16. The van der Waals surface area contributed by atoms with Crippen LogP contribution in [0.4, 0.5) is 0 Å². The minimum atomic E-state index is -0.243. The third-order valence-corrected chi connectivity index (χ3v) is 3.36. The second-order valence-electron chi connectivity index (χ2n) is 4.36. The van der Waals surface area contributed by atoms with Crippen LogP contribution in [-0.4, -0.2) is 12.6 Å². The molecule has 0 amide bonds. The van der Waals surface area contributed by atoms with Gasteiger partial charge in [-0.1, -0.05) is 47.1 Å². The Hall–Kier alpha value is -0.790. The SMILES string of the molecule is C=C(CC)C(=O)OCCC(C)(CC)CC. The standard InChI is InChI=1S/C13H24O2/c1-6-11(4)12(14)15-10-9-13(5,7-2)8-3/h4,6-10H2,1-3,5H3. The van der Waals surface area contributed by atoms with Crippen LogP contribution in [0.25, 0.3) is 0 Å². The summed E-state index contributed by atoms with van der Waals surface area (Å²) in [6.07, 6.45) is 3.84. The molecule has 0 N–H and O–H groups in total. The Morgan fingerprint density at radius 2 is 1.80 bits per heavy atom. The van der Waals surface area contributed by atoms with Crippen LogP contribution in [0.2, 0.25) is 0 Å². The van der Waals surface area contributed by atoms with Gasteiger partial charge in [0, 0.05) is 5.57 Å². The van der Waals surface area contributed by atoms with Crippen LogP contribution in [0, 0.1) is 5.41 Å². The monoisotopic (exact) mass is 212 g/mol. The van der Waals surface area contributed by atoms with Gasteiger partial charge in [0.1, 0.15) is 0 Å². The summed E-state index contributed by atoms with van der Waals surface area (Å²) in [6.45, 7) is 12.7. The molecule has 0 heterocycles. The molecule has 0 unspecified atom stereocenters. The number of esters is 1. The average Bonchev–Trinajstić information content (AvgIpc) is 2.27. The third-order valence-electron chi connectivity index (χ3n) is 3.36. The zero-order valence-electron chi connectivity index (χ0n) is 10.6. The lowest BCUT2D eigenvalue weighted by atomic mass is 9.82. The molecule has 0 radical (unpaired) electrons. The molecule has 0 rings (SSSR count). The lowest BCUT2D eigenvalue weighted by Crippen LogP contribution is -2.18. The topological polar surface area (TPSA) is 26.3 Å². The summed E-state index contributed by atoms with van der Waals surface area (Å²) in [5.41, 5.74) is 0.859. The van der Waals surface area contributed by atoms with E-state index in [-0.39, 0.29) is 5.97 Å². The number of ether oxygens (including phenoxy) is 1. The van der Waals surface area contributed by atoms with Crippen molar-refractivity contribution in [1.82, 2.24) is 0 Å². The van der Waals surface area contributed by atoms with Crippen molar-refractivity contribution in [3.63, 3.8) is 0 Å². The van der Waals surface area contributed by atoms with Gasteiger partial charge in [-0.3, -0.25) is 0 Å². The van der Waals surface area contributed by atoms with Crippen molar-refractivity contribution in [1.29, 1.82) is 0 Å². The number of carbonyl (C=O) groups excluding carboxylic acids is 1. The molecule has 0 saturated carbocycles. The fourth-order valence-corrected chi connectivity index (χ4v) is 1.24. The van der Waals surface area contributed by atoms with E-state index in [1.54, 1.807) is 0 Å². The maximum absolute atomic E-state index is 11.3. The maximum atomic E-state index is 11.3. The van der Waals surface area contributed by atoms with E-state index in [1.165, 1.54) is 0 Å². The molecule has 0 bridgehead atoms. The summed E-state index contributed by atoms with van der Waals surface area (Å²) in [4.78, 5) is 11.3. The van der Waals surface area contributed by atoms with E-state index < -0.39 is 0 Å². The first-order valence-corrected chi connectivity index (χ1v) is 5.84. The van der Waals surface area contributed by atoms with Crippen LogP contribution in [0.5, 0.6) is 0 Å². The molecule has 0 fully saturated rings. The molecular formula is C13H24O2. The van der Waals surface area contributed by atoms with Gasteiger partial charge in [0.25, 0.3) is 0 Å². The summed E-state index contributed by atoms with van der Waals surface area (Å²) >= 11 is 0. The number of hydrogen-bond donors (Lipinski definition) is 0. The maximum Gasteiger partial charge on any atom is 0.333 e. The lowest BCUT2D eigenvalue weighted by Gasteiger charge is -2.26. The highest BCUT2D eigenvalue weighted by atomic mass is 16.5. The molecule has 0 aliphatic heterocycles. The molecule has 0 aromatic carbocycles. The highest BCUT2D eigenvalue weighted by molar-refractivity contribution is 5.87. The second kappa shape index (κ2) is 6.65. The highest BCUT2D eigenvalue weighted by Crippen LogP contribution is 2.29. The Bertz CT molecular complexity index is 215. The van der Waals surface area contributed by atoms with E-state index in [9.17, 15) is 4.79 Å². The highest BCUT2D eigenvalue weighted by Gasteiger charge is 2.20. The fourth-order valence-electron chi connectivity index (χ4n) is 1.24. The summed E-state index contributed by atoms with van der Waals surface area (Å²) in [5, 5.41) is 0. The summed E-state index contributed by atoms with van der Waals surface area (Å²) in [5.74, 6) is -0.243. The molecule has 0 aliphatic rings. The van der Waals surface area contributed by atoms with Gasteiger partial charge < -0.3 is 4.74 Å². The second-order valence-corrected chi connectivity index (χ2v) is 4.36. The van der Waals surface area contributed by atoms with Crippen LogP contribution in [0.1, 0.15) is 53.4 Å². The third kappa shape index (κ3) is 5.01.